The maximum Gasteiger partial charge on any atom is 0.411 e. The number of carbonyl (C=O) groups excluding carboxylic acids is 1. The van der Waals surface area contributed by atoms with Gasteiger partial charge in [-0.1, -0.05) is 0 Å². The number of amides is 2. The summed E-state index contributed by atoms with van der Waals surface area (Å²) in [6.07, 6.45) is -3.92. The number of rotatable bonds is 5. The molecule has 1 aliphatic rings. The number of hydrogen-bond donors (Lipinski definition) is 1. The Balaban J connectivity index is 2.11. The van der Waals surface area contributed by atoms with Gasteiger partial charge in [0.25, 0.3) is 0 Å². The highest BCUT2D eigenvalue weighted by Crippen LogP contribution is 2.29. The maximum atomic E-state index is 11.9. The Morgan fingerprint density at radius 2 is 2.15 bits per heavy atom. The second kappa shape index (κ2) is 7.40. The number of nitrogens with zero attached hydrogens (tertiary/aromatic N) is 1. The van der Waals surface area contributed by atoms with Gasteiger partial charge in [-0.3, -0.25) is 0 Å². The summed E-state index contributed by atoms with van der Waals surface area (Å²) in [5.41, 5.74) is 0. The van der Waals surface area contributed by atoms with Crippen LogP contribution in [0.3, 0.4) is 0 Å². The molecule has 20 heavy (non-hydrogen) atoms. The summed E-state index contributed by atoms with van der Waals surface area (Å²) in [5.74, 6) is 0.898. The van der Waals surface area contributed by atoms with E-state index in [2.05, 4.69) is 23.9 Å². The van der Waals surface area contributed by atoms with E-state index in [0.29, 0.717) is 26.1 Å². The first-order valence-electron chi connectivity index (χ1n) is 6.51. The predicted molar refractivity (Wildman–Crippen MR) is 73.0 cm³/mol. The topological polar surface area (TPSA) is 41.6 Å². The summed E-state index contributed by atoms with van der Waals surface area (Å²) >= 11 is 1.83. The minimum Gasteiger partial charge on any atom is -0.372 e. The van der Waals surface area contributed by atoms with Crippen LogP contribution in [-0.4, -0.2) is 60.5 Å². The third-order valence-electron chi connectivity index (χ3n) is 2.72. The van der Waals surface area contributed by atoms with Crippen molar-refractivity contribution in [2.75, 3.05) is 38.6 Å². The highest BCUT2D eigenvalue weighted by molar-refractivity contribution is 8.00. The first kappa shape index (κ1) is 17.4. The van der Waals surface area contributed by atoms with E-state index < -0.39 is 12.8 Å². The van der Waals surface area contributed by atoms with E-state index in [0.717, 1.165) is 5.75 Å². The summed E-state index contributed by atoms with van der Waals surface area (Å²) in [6, 6.07) is -0.158. The third kappa shape index (κ3) is 7.23. The van der Waals surface area contributed by atoms with Crippen LogP contribution in [-0.2, 0) is 4.74 Å². The lowest BCUT2D eigenvalue weighted by Gasteiger charge is -2.37. The Morgan fingerprint density at radius 1 is 1.45 bits per heavy atom. The molecule has 0 aromatic heterocycles. The summed E-state index contributed by atoms with van der Waals surface area (Å²) < 4.78 is 39.9. The SMILES string of the molecule is CC1(C)CN(C(=O)NCCCOCC(F)(F)F)CCS1. The highest BCUT2D eigenvalue weighted by atomic mass is 32.2. The number of urea groups is 1. The Labute approximate surface area is 121 Å². The fourth-order valence-electron chi connectivity index (χ4n) is 1.86. The average molecular weight is 314 g/mol. The maximum absolute atomic E-state index is 11.9. The average Bonchev–Trinajstić information content (AvgIpc) is 2.30. The largest absolute Gasteiger partial charge is 0.411 e. The van der Waals surface area contributed by atoms with E-state index in [4.69, 9.17) is 0 Å². The van der Waals surface area contributed by atoms with Gasteiger partial charge in [-0.05, 0) is 20.3 Å². The summed E-state index contributed by atoms with van der Waals surface area (Å²) in [7, 11) is 0. The van der Waals surface area contributed by atoms with Crippen molar-refractivity contribution in [3.63, 3.8) is 0 Å². The number of halogens is 3. The molecule has 0 radical (unpaired) electrons. The van der Waals surface area contributed by atoms with Gasteiger partial charge >= 0.3 is 12.2 Å². The van der Waals surface area contributed by atoms with Crippen LogP contribution in [0, 0.1) is 0 Å². The second-order valence-electron chi connectivity index (χ2n) is 5.28. The summed E-state index contributed by atoms with van der Waals surface area (Å²) in [4.78, 5) is 13.6. The van der Waals surface area contributed by atoms with E-state index in [1.54, 1.807) is 4.90 Å². The summed E-state index contributed by atoms with van der Waals surface area (Å²) in [5, 5.41) is 2.70. The molecule has 1 heterocycles. The van der Waals surface area contributed by atoms with Crippen LogP contribution < -0.4 is 5.32 Å². The van der Waals surface area contributed by atoms with Gasteiger partial charge in [0.15, 0.2) is 0 Å². The lowest BCUT2D eigenvalue weighted by atomic mass is 10.2. The molecule has 1 aliphatic heterocycles. The van der Waals surface area contributed by atoms with E-state index in [1.165, 1.54) is 0 Å². The van der Waals surface area contributed by atoms with Crippen molar-refractivity contribution in [3.05, 3.63) is 0 Å². The molecular formula is C12H21F3N2O2S. The molecule has 1 saturated heterocycles. The number of ether oxygens (including phenoxy) is 1. The van der Waals surface area contributed by atoms with Crippen LogP contribution >= 0.6 is 11.8 Å². The van der Waals surface area contributed by atoms with Crippen molar-refractivity contribution in [2.45, 2.75) is 31.2 Å². The predicted octanol–water partition coefficient (Wildman–Crippen LogP) is 2.49. The van der Waals surface area contributed by atoms with Crippen LogP contribution in [0.15, 0.2) is 0 Å². The number of thioether (sulfide) groups is 1. The highest BCUT2D eigenvalue weighted by Gasteiger charge is 2.29. The Morgan fingerprint density at radius 3 is 2.75 bits per heavy atom. The van der Waals surface area contributed by atoms with Crippen molar-refractivity contribution in [1.29, 1.82) is 0 Å². The number of nitrogens with one attached hydrogen (secondary N) is 1. The van der Waals surface area contributed by atoms with Crippen molar-refractivity contribution in [2.24, 2.45) is 0 Å². The van der Waals surface area contributed by atoms with Crippen LogP contribution in [0.25, 0.3) is 0 Å². The van der Waals surface area contributed by atoms with Crippen LogP contribution in [0.1, 0.15) is 20.3 Å². The van der Waals surface area contributed by atoms with E-state index >= 15 is 0 Å². The zero-order valence-electron chi connectivity index (χ0n) is 11.8. The van der Waals surface area contributed by atoms with Crippen LogP contribution in [0.2, 0.25) is 0 Å². The molecule has 0 spiro atoms. The normalized spacial score (nSPS) is 18.9. The zero-order valence-corrected chi connectivity index (χ0v) is 12.6. The monoisotopic (exact) mass is 314 g/mol. The number of carbonyl (C=O) groups is 1. The Hall–Kier alpha value is -0.630. The van der Waals surface area contributed by atoms with Gasteiger partial charge in [-0.2, -0.15) is 24.9 Å². The minimum absolute atomic E-state index is 0.0128. The molecule has 1 rings (SSSR count). The van der Waals surface area contributed by atoms with Crippen molar-refractivity contribution in [3.8, 4) is 0 Å². The quantitative estimate of drug-likeness (QED) is 0.793. The zero-order chi connectivity index (χ0) is 15.2. The molecule has 0 bridgehead atoms. The molecule has 1 N–H and O–H groups in total. The molecule has 0 unspecified atom stereocenters. The lowest BCUT2D eigenvalue weighted by molar-refractivity contribution is -0.173. The summed E-state index contributed by atoms with van der Waals surface area (Å²) in [6.45, 7) is 4.61. The van der Waals surface area contributed by atoms with Gasteiger partial charge in [0.1, 0.15) is 6.61 Å². The molecule has 0 aromatic rings. The minimum atomic E-state index is -4.29. The molecule has 1 fully saturated rings. The molecule has 0 aromatic carbocycles. The molecule has 0 saturated carbocycles. The Bertz CT molecular complexity index is 324. The standard InChI is InChI=1S/C12H21F3N2O2S/c1-11(2)8-17(5-7-20-11)10(18)16-4-3-6-19-9-12(13,14)15/h3-9H2,1-2H3,(H,16,18). The fourth-order valence-corrected chi connectivity index (χ4v) is 2.97. The van der Waals surface area contributed by atoms with Gasteiger partial charge in [0.2, 0.25) is 0 Å². The lowest BCUT2D eigenvalue weighted by Crippen LogP contribution is -2.50. The first-order chi connectivity index (χ1) is 9.20. The molecule has 8 heteroatoms. The van der Waals surface area contributed by atoms with E-state index in [1.807, 2.05) is 11.8 Å². The molecule has 118 valence electrons. The van der Waals surface area contributed by atoms with Crippen molar-refractivity contribution in [1.82, 2.24) is 10.2 Å². The van der Waals surface area contributed by atoms with E-state index in [-0.39, 0.29) is 17.4 Å². The first-order valence-corrected chi connectivity index (χ1v) is 7.49. The molecule has 2 amide bonds. The second-order valence-corrected chi connectivity index (χ2v) is 7.09. The molecule has 4 nitrogen and oxygen atoms in total. The molecule has 0 atom stereocenters. The molecular weight excluding hydrogens is 293 g/mol. The van der Waals surface area contributed by atoms with Gasteiger partial charge < -0.3 is 15.0 Å². The smallest absolute Gasteiger partial charge is 0.372 e. The van der Waals surface area contributed by atoms with Gasteiger partial charge in [-0.15, -0.1) is 0 Å². The van der Waals surface area contributed by atoms with Gasteiger partial charge in [0, 0.05) is 36.7 Å². The van der Waals surface area contributed by atoms with Crippen LogP contribution in [0.5, 0.6) is 0 Å². The third-order valence-corrected chi connectivity index (χ3v) is 4.02. The van der Waals surface area contributed by atoms with Crippen molar-refractivity contribution < 1.29 is 22.7 Å². The van der Waals surface area contributed by atoms with E-state index in [9.17, 15) is 18.0 Å². The fraction of sp³-hybridized carbons (Fsp3) is 0.917. The van der Waals surface area contributed by atoms with Gasteiger partial charge in [0.05, 0.1) is 0 Å². The number of hydrogen-bond acceptors (Lipinski definition) is 3. The number of alkyl halides is 3. The van der Waals surface area contributed by atoms with Gasteiger partial charge in [-0.25, -0.2) is 4.79 Å². The Kier molecular flexibility index (Phi) is 6.44. The van der Waals surface area contributed by atoms with Crippen molar-refractivity contribution >= 4 is 17.8 Å². The van der Waals surface area contributed by atoms with Crippen LogP contribution in [0.4, 0.5) is 18.0 Å². The molecule has 0 aliphatic carbocycles.